The molecule has 0 saturated carbocycles. The molecule has 134 valence electrons. The smallest absolute Gasteiger partial charge is 0.261 e. The molecular weight excluding hydrogens is 317 g/mol. The minimum atomic E-state index is -0.611. The molecule has 0 bridgehead atoms. The number of carbonyl (C=O) groups is 1. The van der Waals surface area contributed by atoms with E-state index < -0.39 is 6.10 Å². The number of carbonyl (C=O) groups excluding carboxylic acids is 1. The number of hydrogen-bond acceptors (Lipinski definition) is 2. The lowest BCUT2D eigenvalue weighted by molar-refractivity contribution is -0.128. The molecule has 2 aromatic rings. The summed E-state index contributed by atoms with van der Waals surface area (Å²) in [6.07, 6.45) is -0.0817. The number of ether oxygens (including phenoxy) is 1. The number of nitrogens with one attached hydrogen (secondary N) is 1. The predicted molar refractivity (Wildman–Crippen MR) is 98.3 cm³/mol. The zero-order valence-corrected chi connectivity index (χ0v) is 15.5. The molecule has 0 saturated heterocycles. The number of hydrogen-bond donors (Lipinski definition) is 1. The largest absolute Gasteiger partial charge is 0.481 e. The van der Waals surface area contributed by atoms with Crippen LogP contribution in [0, 0.1) is 26.6 Å². The number of amides is 1. The summed E-state index contributed by atoms with van der Waals surface area (Å²) >= 11 is 0. The van der Waals surface area contributed by atoms with Crippen molar-refractivity contribution >= 4 is 5.91 Å². The first-order chi connectivity index (χ1) is 11.8. The zero-order valence-electron chi connectivity index (χ0n) is 15.5. The van der Waals surface area contributed by atoms with Crippen molar-refractivity contribution < 1.29 is 13.9 Å². The number of benzene rings is 2. The molecule has 25 heavy (non-hydrogen) atoms. The van der Waals surface area contributed by atoms with Gasteiger partial charge in [0, 0.05) is 0 Å². The summed E-state index contributed by atoms with van der Waals surface area (Å²) < 4.78 is 18.7. The van der Waals surface area contributed by atoms with Gasteiger partial charge in [-0.05, 0) is 80.6 Å². The third kappa shape index (κ3) is 4.81. The standard InChI is InChI=1S/C21H26FNO2/c1-6-20(25-18-9-7-17(22)8-10-18)21(24)23-16(5)19-12-14(3)13(2)11-15(19)4/h7-12,16,20H,6H2,1-5H3,(H,23,24). The molecule has 2 aromatic carbocycles. The van der Waals surface area contributed by atoms with Gasteiger partial charge < -0.3 is 10.1 Å². The molecule has 3 nitrogen and oxygen atoms in total. The molecule has 0 spiro atoms. The van der Waals surface area contributed by atoms with E-state index in [1.54, 1.807) is 0 Å². The van der Waals surface area contributed by atoms with Gasteiger partial charge in [-0.3, -0.25) is 4.79 Å². The zero-order chi connectivity index (χ0) is 18.6. The normalized spacial score (nSPS) is 13.2. The monoisotopic (exact) mass is 343 g/mol. The summed E-state index contributed by atoms with van der Waals surface area (Å²) in [6.45, 7) is 10.1. The van der Waals surface area contributed by atoms with Crippen molar-refractivity contribution in [1.82, 2.24) is 5.32 Å². The second-order valence-electron chi connectivity index (χ2n) is 6.49. The van der Waals surface area contributed by atoms with Crippen LogP contribution in [0.5, 0.6) is 5.75 Å². The second kappa shape index (κ2) is 8.15. The quantitative estimate of drug-likeness (QED) is 0.819. The molecule has 2 atom stereocenters. The molecule has 0 heterocycles. The Balaban J connectivity index is 2.08. The van der Waals surface area contributed by atoms with Gasteiger partial charge in [-0.15, -0.1) is 0 Å². The highest BCUT2D eigenvalue weighted by Gasteiger charge is 2.21. The van der Waals surface area contributed by atoms with E-state index in [-0.39, 0.29) is 17.8 Å². The van der Waals surface area contributed by atoms with E-state index in [1.807, 2.05) is 13.8 Å². The predicted octanol–water partition coefficient (Wildman–Crippen LogP) is 4.79. The molecule has 0 radical (unpaired) electrons. The van der Waals surface area contributed by atoms with E-state index in [0.717, 1.165) is 11.1 Å². The number of aryl methyl sites for hydroxylation is 3. The molecular formula is C21H26FNO2. The van der Waals surface area contributed by atoms with Crippen LogP contribution >= 0.6 is 0 Å². The fourth-order valence-electron chi connectivity index (χ4n) is 2.83. The van der Waals surface area contributed by atoms with E-state index >= 15 is 0 Å². The molecule has 0 fully saturated rings. The third-order valence-corrected chi connectivity index (χ3v) is 4.46. The molecule has 0 aromatic heterocycles. The van der Waals surface area contributed by atoms with Gasteiger partial charge in [-0.25, -0.2) is 4.39 Å². The van der Waals surface area contributed by atoms with Gasteiger partial charge in [-0.1, -0.05) is 19.1 Å². The van der Waals surface area contributed by atoms with E-state index in [2.05, 4.69) is 38.2 Å². The maximum absolute atomic E-state index is 13.0. The summed E-state index contributed by atoms with van der Waals surface area (Å²) in [6, 6.07) is 9.85. The van der Waals surface area contributed by atoms with E-state index in [1.165, 1.54) is 35.4 Å². The summed E-state index contributed by atoms with van der Waals surface area (Å²) in [5.41, 5.74) is 4.71. The minimum absolute atomic E-state index is 0.113. The molecule has 2 rings (SSSR count). The molecule has 0 aliphatic heterocycles. The van der Waals surface area contributed by atoms with Crippen LogP contribution in [0.15, 0.2) is 36.4 Å². The molecule has 1 amide bonds. The van der Waals surface area contributed by atoms with Crippen LogP contribution in [-0.2, 0) is 4.79 Å². The fraction of sp³-hybridized carbons (Fsp3) is 0.381. The Morgan fingerprint density at radius 1 is 1.08 bits per heavy atom. The maximum atomic E-state index is 13.0. The first kappa shape index (κ1) is 19.0. The van der Waals surface area contributed by atoms with Crippen LogP contribution in [0.2, 0.25) is 0 Å². The van der Waals surface area contributed by atoms with Crippen LogP contribution in [-0.4, -0.2) is 12.0 Å². The average molecular weight is 343 g/mol. The van der Waals surface area contributed by atoms with Crippen molar-refractivity contribution in [3.63, 3.8) is 0 Å². The Kier molecular flexibility index (Phi) is 6.18. The fourth-order valence-corrected chi connectivity index (χ4v) is 2.83. The highest BCUT2D eigenvalue weighted by Crippen LogP contribution is 2.22. The van der Waals surface area contributed by atoms with Crippen LogP contribution in [0.3, 0.4) is 0 Å². The summed E-state index contributed by atoms with van der Waals surface area (Å²) in [5, 5.41) is 3.03. The average Bonchev–Trinajstić information content (AvgIpc) is 2.57. The Hall–Kier alpha value is -2.36. The van der Waals surface area contributed by atoms with Crippen LogP contribution in [0.4, 0.5) is 4.39 Å². The van der Waals surface area contributed by atoms with Crippen molar-refractivity contribution in [2.24, 2.45) is 0 Å². The maximum Gasteiger partial charge on any atom is 0.261 e. The van der Waals surface area contributed by atoms with E-state index in [9.17, 15) is 9.18 Å². The van der Waals surface area contributed by atoms with Gasteiger partial charge in [0.15, 0.2) is 6.10 Å². The minimum Gasteiger partial charge on any atom is -0.481 e. The third-order valence-electron chi connectivity index (χ3n) is 4.46. The van der Waals surface area contributed by atoms with Crippen LogP contribution < -0.4 is 10.1 Å². The van der Waals surface area contributed by atoms with Gasteiger partial charge >= 0.3 is 0 Å². The highest BCUT2D eigenvalue weighted by molar-refractivity contribution is 5.81. The lowest BCUT2D eigenvalue weighted by Crippen LogP contribution is -2.39. The lowest BCUT2D eigenvalue weighted by atomic mass is 9.96. The summed E-state index contributed by atoms with van der Waals surface area (Å²) in [4.78, 5) is 12.6. The number of halogens is 1. The van der Waals surface area contributed by atoms with Crippen LogP contribution in [0.25, 0.3) is 0 Å². The van der Waals surface area contributed by atoms with Gasteiger partial charge in [0.25, 0.3) is 5.91 Å². The molecule has 2 unspecified atom stereocenters. The Bertz CT molecular complexity index is 740. The topological polar surface area (TPSA) is 38.3 Å². The Morgan fingerprint density at radius 2 is 1.68 bits per heavy atom. The van der Waals surface area contributed by atoms with Crippen molar-refractivity contribution in [1.29, 1.82) is 0 Å². The Labute approximate surface area is 149 Å². The molecule has 1 N–H and O–H groups in total. The van der Waals surface area contributed by atoms with Gasteiger partial charge in [-0.2, -0.15) is 0 Å². The van der Waals surface area contributed by atoms with Crippen molar-refractivity contribution in [2.45, 2.75) is 53.2 Å². The first-order valence-corrected chi connectivity index (χ1v) is 8.62. The van der Waals surface area contributed by atoms with Crippen molar-refractivity contribution in [3.05, 3.63) is 64.5 Å². The Morgan fingerprint density at radius 3 is 2.28 bits per heavy atom. The van der Waals surface area contributed by atoms with Crippen molar-refractivity contribution in [2.75, 3.05) is 0 Å². The van der Waals surface area contributed by atoms with Gasteiger partial charge in [0.05, 0.1) is 6.04 Å². The van der Waals surface area contributed by atoms with E-state index in [4.69, 9.17) is 4.74 Å². The molecule has 0 aliphatic carbocycles. The highest BCUT2D eigenvalue weighted by atomic mass is 19.1. The molecule has 0 aliphatic rings. The van der Waals surface area contributed by atoms with Gasteiger partial charge in [0.1, 0.15) is 11.6 Å². The lowest BCUT2D eigenvalue weighted by Gasteiger charge is -2.22. The first-order valence-electron chi connectivity index (χ1n) is 8.62. The molecule has 4 heteroatoms. The van der Waals surface area contributed by atoms with Gasteiger partial charge in [0.2, 0.25) is 0 Å². The van der Waals surface area contributed by atoms with E-state index in [0.29, 0.717) is 12.2 Å². The summed E-state index contributed by atoms with van der Waals surface area (Å²) in [5.74, 6) is -0.0148. The van der Waals surface area contributed by atoms with Crippen LogP contribution in [0.1, 0.15) is 48.6 Å². The second-order valence-corrected chi connectivity index (χ2v) is 6.49. The summed E-state index contributed by atoms with van der Waals surface area (Å²) in [7, 11) is 0. The SMILES string of the molecule is CCC(Oc1ccc(F)cc1)C(=O)NC(C)c1cc(C)c(C)cc1C. The van der Waals surface area contributed by atoms with Crippen molar-refractivity contribution in [3.8, 4) is 5.75 Å². The number of rotatable bonds is 6.